The number of likely N-dealkylation sites (tertiary alicyclic amines) is 1. The first-order valence-electron chi connectivity index (χ1n) is 10.9. The van der Waals surface area contributed by atoms with Crippen LogP contribution >= 0.6 is 11.3 Å². The number of thiazole rings is 1. The Morgan fingerprint density at radius 1 is 1.30 bits per heavy atom. The van der Waals surface area contributed by atoms with E-state index in [1.54, 1.807) is 11.3 Å². The van der Waals surface area contributed by atoms with Crippen molar-refractivity contribution in [3.05, 3.63) is 10.6 Å². The summed E-state index contributed by atoms with van der Waals surface area (Å²) in [6.45, 7) is 5.79. The predicted molar refractivity (Wildman–Crippen MR) is 121 cm³/mol. The minimum absolute atomic E-state index is 0.00746. The molecule has 1 saturated heterocycles. The van der Waals surface area contributed by atoms with Gasteiger partial charge in [-0.15, -0.1) is 11.3 Å². The van der Waals surface area contributed by atoms with Crippen LogP contribution in [0.4, 0.5) is 9.93 Å². The maximum Gasteiger partial charge on any atom is 0.324 e. The number of nitrogens with zero attached hydrogens (tertiary/aromatic N) is 4. The highest BCUT2D eigenvalue weighted by Gasteiger charge is 2.42. The van der Waals surface area contributed by atoms with Crippen LogP contribution in [0.15, 0.2) is 0 Å². The molecule has 30 heavy (non-hydrogen) atoms. The fourth-order valence-electron chi connectivity index (χ4n) is 4.72. The van der Waals surface area contributed by atoms with E-state index in [4.69, 9.17) is 5.73 Å². The second-order valence-electron chi connectivity index (χ2n) is 9.28. The van der Waals surface area contributed by atoms with Gasteiger partial charge >= 0.3 is 6.03 Å². The van der Waals surface area contributed by atoms with Gasteiger partial charge < -0.3 is 20.9 Å². The van der Waals surface area contributed by atoms with E-state index in [2.05, 4.69) is 27.1 Å². The lowest BCUT2D eigenvalue weighted by Crippen LogP contribution is -2.56. The Labute approximate surface area is 183 Å². The number of nitrogens with two attached hydrogens (primary N) is 1. The highest BCUT2D eigenvalue weighted by Crippen LogP contribution is 2.39. The molecular formula is C21H36N6O2S. The van der Waals surface area contributed by atoms with Crippen LogP contribution in [0.25, 0.3) is 0 Å². The summed E-state index contributed by atoms with van der Waals surface area (Å²) < 4.78 is 0. The van der Waals surface area contributed by atoms with Gasteiger partial charge in [0.2, 0.25) is 5.91 Å². The molecule has 2 aliphatic rings. The first-order valence-corrected chi connectivity index (χ1v) is 11.7. The molecular weight excluding hydrogens is 400 g/mol. The van der Waals surface area contributed by atoms with Crippen molar-refractivity contribution in [1.82, 2.24) is 25.0 Å². The lowest BCUT2D eigenvalue weighted by atomic mass is 9.75. The second kappa shape index (κ2) is 9.62. The number of carbonyl (C=O) groups is 2. The Kier molecular flexibility index (Phi) is 7.36. The van der Waals surface area contributed by atoms with Crippen LogP contribution in [0.2, 0.25) is 0 Å². The molecule has 0 aromatic carbocycles. The third kappa shape index (κ3) is 5.31. The van der Waals surface area contributed by atoms with Crippen LogP contribution in [-0.4, -0.2) is 84.5 Å². The Morgan fingerprint density at radius 3 is 2.70 bits per heavy atom. The Bertz CT molecular complexity index is 765. The van der Waals surface area contributed by atoms with E-state index in [-0.39, 0.29) is 23.9 Å². The molecule has 3 atom stereocenters. The summed E-state index contributed by atoms with van der Waals surface area (Å²) in [6.07, 6.45) is 3.37. The molecule has 1 aromatic rings. The van der Waals surface area contributed by atoms with Gasteiger partial charge in [-0.3, -0.25) is 9.69 Å². The maximum atomic E-state index is 13.5. The van der Waals surface area contributed by atoms with E-state index < -0.39 is 0 Å². The van der Waals surface area contributed by atoms with Gasteiger partial charge in [-0.05, 0) is 73.1 Å². The van der Waals surface area contributed by atoms with E-state index in [1.807, 2.05) is 27.9 Å². The summed E-state index contributed by atoms with van der Waals surface area (Å²) in [5.41, 5.74) is 7.02. The van der Waals surface area contributed by atoms with Crippen molar-refractivity contribution in [2.75, 3.05) is 46.5 Å². The fourth-order valence-corrected chi connectivity index (χ4v) is 5.63. The number of urea groups is 1. The standard InChI is InChI=1S/C21H36N6O2S/c1-13(2)23-21(29)27(8-6-7-25(3)4)19(28)15-9-14-10-16-18(30-20(22)24-16)11-17(14)26(5)12-15/h13-15,17H,6-12H2,1-5H3,(H2,22,24)(H,23,29)/t14-,15-,17-/m1/s1. The monoisotopic (exact) mass is 436 g/mol. The van der Waals surface area contributed by atoms with E-state index in [9.17, 15) is 9.59 Å². The summed E-state index contributed by atoms with van der Waals surface area (Å²) in [6, 6.07) is 0.122. The van der Waals surface area contributed by atoms with Gasteiger partial charge in [-0.25, -0.2) is 9.78 Å². The number of nitrogens with one attached hydrogen (secondary N) is 1. The zero-order valence-electron chi connectivity index (χ0n) is 18.9. The average Bonchev–Trinajstić information content (AvgIpc) is 3.01. The highest BCUT2D eigenvalue weighted by molar-refractivity contribution is 7.15. The molecule has 3 N–H and O–H groups in total. The normalized spacial score (nSPS) is 23.9. The number of hydrogen-bond donors (Lipinski definition) is 2. The molecule has 0 unspecified atom stereocenters. The van der Waals surface area contributed by atoms with Crippen LogP contribution in [0.1, 0.15) is 37.3 Å². The molecule has 1 fully saturated rings. The molecule has 1 aliphatic carbocycles. The number of likely N-dealkylation sites (N-methyl/N-ethyl adjacent to an activating group) is 1. The molecule has 0 bridgehead atoms. The topological polar surface area (TPSA) is 94.8 Å². The van der Waals surface area contributed by atoms with Crippen molar-refractivity contribution < 1.29 is 9.59 Å². The Morgan fingerprint density at radius 2 is 2.03 bits per heavy atom. The average molecular weight is 437 g/mol. The van der Waals surface area contributed by atoms with Crippen LogP contribution in [-0.2, 0) is 17.6 Å². The van der Waals surface area contributed by atoms with Gasteiger partial charge in [0.1, 0.15) is 0 Å². The number of anilines is 1. The number of piperidine rings is 1. The zero-order valence-corrected chi connectivity index (χ0v) is 19.7. The minimum Gasteiger partial charge on any atom is -0.375 e. The van der Waals surface area contributed by atoms with Gasteiger partial charge in [-0.1, -0.05) is 0 Å². The molecule has 9 heteroatoms. The van der Waals surface area contributed by atoms with E-state index in [0.717, 1.165) is 37.9 Å². The number of amides is 3. The van der Waals surface area contributed by atoms with Crippen molar-refractivity contribution in [3.63, 3.8) is 0 Å². The van der Waals surface area contributed by atoms with E-state index in [0.29, 0.717) is 30.2 Å². The third-order valence-electron chi connectivity index (χ3n) is 6.11. The second-order valence-corrected chi connectivity index (χ2v) is 10.4. The van der Waals surface area contributed by atoms with Crippen molar-refractivity contribution in [2.45, 2.75) is 51.6 Å². The van der Waals surface area contributed by atoms with Crippen LogP contribution < -0.4 is 11.1 Å². The molecule has 2 heterocycles. The summed E-state index contributed by atoms with van der Waals surface area (Å²) >= 11 is 1.59. The fraction of sp³-hybridized carbons (Fsp3) is 0.762. The molecule has 3 rings (SSSR count). The van der Waals surface area contributed by atoms with E-state index >= 15 is 0 Å². The molecule has 0 saturated carbocycles. The minimum atomic E-state index is -0.281. The van der Waals surface area contributed by atoms with Crippen LogP contribution in [0.5, 0.6) is 0 Å². The van der Waals surface area contributed by atoms with Gasteiger partial charge in [0, 0.05) is 30.1 Å². The Balaban J connectivity index is 1.72. The van der Waals surface area contributed by atoms with Gasteiger partial charge in [-0.2, -0.15) is 0 Å². The third-order valence-corrected chi connectivity index (χ3v) is 7.06. The quantitative estimate of drug-likeness (QED) is 0.704. The van der Waals surface area contributed by atoms with Crippen molar-refractivity contribution in [2.24, 2.45) is 11.8 Å². The molecule has 8 nitrogen and oxygen atoms in total. The molecule has 3 amide bonds. The molecule has 168 valence electrons. The number of nitrogen functional groups attached to an aromatic ring is 1. The first-order chi connectivity index (χ1) is 14.2. The van der Waals surface area contributed by atoms with Gasteiger partial charge in [0.15, 0.2) is 5.13 Å². The highest BCUT2D eigenvalue weighted by atomic mass is 32.1. The van der Waals surface area contributed by atoms with Crippen molar-refractivity contribution in [1.29, 1.82) is 0 Å². The number of rotatable bonds is 6. The number of fused-ring (bicyclic) bond motifs is 2. The van der Waals surface area contributed by atoms with Crippen molar-refractivity contribution >= 4 is 28.4 Å². The van der Waals surface area contributed by atoms with Crippen LogP contribution in [0, 0.1) is 11.8 Å². The molecule has 0 radical (unpaired) electrons. The lowest BCUT2D eigenvalue weighted by Gasteiger charge is -2.45. The number of aromatic nitrogens is 1. The molecule has 1 aromatic heterocycles. The zero-order chi connectivity index (χ0) is 22.0. The molecule has 1 aliphatic heterocycles. The SMILES string of the molecule is CC(C)NC(=O)N(CCCN(C)C)C(=O)[C@@H]1C[C@@H]2Cc3nc(N)sc3C[C@H]2N(C)C1. The largest absolute Gasteiger partial charge is 0.375 e. The molecule has 0 spiro atoms. The smallest absolute Gasteiger partial charge is 0.324 e. The lowest BCUT2D eigenvalue weighted by molar-refractivity contribution is -0.136. The Hall–Kier alpha value is -1.71. The van der Waals surface area contributed by atoms with Crippen LogP contribution in [0.3, 0.4) is 0 Å². The van der Waals surface area contributed by atoms with E-state index in [1.165, 1.54) is 9.78 Å². The first kappa shape index (κ1) is 23.0. The summed E-state index contributed by atoms with van der Waals surface area (Å²) in [7, 11) is 6.09. The summed E-state index contributed by atoms with van der Waals surface area (Å²) in [4.78, 5) is 37.8. The number of hydrogen-bond acceptors (Lipinski definition) is 7. The number of carbonyl (C=O) groups excluding carboxylic acids is 2. The number of imide groups is 1. The predicted octanol–water partition coefficient (Wildman–Crippen LogP) is 1.66. The van der Waals surface area contributed by atoms with Gasteiger partial charge in [0.25, 0.3) is 0 Å². The maximum absolute atomic E-state index is 13.5. The summed E-state index contributed by atoms with van der Waals surface area (Å²) in [5.74, 6) is 0.135. The summed E-state index contributed by atoms with van der Waals surface area (Å²) in [5, 5.41) is 3.53. The van der Waals surface area contributed by atoms with Crippen molar-refractivity contribution in [3.8, 4) is 0 Å². The van der Waals surface area contributed by atoms with Gasteiger partial charge in [0.05, 0.1) is 11.6 Å².